The van der Waals surface area contributed by atoms with E-state index in [0.717, 1.165) is 0 Å². The molecule has 11 nitrogen and oxygen atoms in total. The predicted molar refractivity (Wildman–Crippen MR) is 114 cm³/mol. The largest absolute Gasteiger partial charge is 0.575 e. The summed E-state index contributed by atoms with van der Waals surface area (Å²) in [5.41, 5.74) is 7.54. The van der Waals surface area contributed by atoms with E-state index in [0.29, 0.717) is 16.8 Å². The lowest BCUT2D eigenvalue weighted by Crippen LogP contribution is -2.26. The summed E-state index contributed by atoms with van der Waals surface area (Å²) in [7, 11) is 0.497. The van der Waals surface area contributed by atoms with Crippen molar-refractivity contribution in [1.29, 1.82) is 0 Å². The van der Waals surface area contributed by atoms with Gasteiger partial charge in [-0.25, -0.2) is 9.59 Å². The van der Waals surface area contributed by atoms with Crippen LogP contribution in [0.5, 0.6) is 17.2 Å². The highest BCUT2D eigenvalue weighted by molar-refractivity contribution is 7.34. The van der Waals surface area contributed by atoms with Gasteiger partial charge in [-0.1, -0.05) is 16.9 Å². The van der Waals surface area contributed by atoms with Crippen LogP contribution < -0.4 is 24.6 Å². The summed E-state index contributed by atoms with van der Waals surface area (Å²) >= 11 is 0. The number of pyridine rings is 1. The van der Waals surface area contributed by atoms with Crippen molar-refractivity contribution >= 4 is 20.2 Å². The molecule has 0 aliphatic carbocycles. The van der Waals surface area contributed by atoms with Crippen molar-refractivity contribution in [2.45, 2.75) is 33.0 Å². The van der Waals surface area contributed by atoms with Crippen LogP contribution in [-0.4, -0.2) is 47.2 Å². The van der Waals surface area contributed by atoms with Crippen molar-refractivity contribution in [3.8, 4) is 17.2 Å². The van der Waals surface area contributed by atoms with Crippen LogP contribution in [0.3, 0.4) is 0 Å². The minimum atomic E-state index is -2.63. The molecule has 2 rings (SSSR count). The van der Waals surface area contributed by atoms with Crippen LogP contribution >= 0.6 is 8.17 Å². The normalized spacial score (nSPS) is 12.1. The first-order chi connectivity index (χ1) is 15.1. The monoisotopic (exact) mass is 464 g/mol. The molecule has 172 valence electrons. The highest BCUT2D eigenvalue weighted by Gasteiger charge is 2.20. The minimum absolute atomic E-state index is 0.00611. The number of nitrogens with zero attached hydrogens (tertiary/aromatic N) is 3. The van der Waals surface area contributed by atoms with Gasteiger partial charge >= 0.3 is 20.2 Å². The minimum Gasteiger partial charge on any atom is -0.575 e. The Bertz CT molecular complexity index is 1010. The first kappa shape index (κ1) is 25.0. The number of carboxylic acids is 1. The van der Waals surface area contributed by atoms with E-state index in [4.69, 9.17) is 24.8 Å². The van der Waals surface area contributed by atoms with E-state index in [1.807, 2.05) is 0 Å². The molecule has 1 heterocycles. The maximum atomic E-state index is 12.1. The SMILES string of the molecule is Cc1ncc(COc2ccccc2O[P+]([O-])=NC(C)C(=O)O)c(CN)c1OC(=O)N(C)C. The summed E-state index contributed by atoms with van der Waals surface area (Å²) in [6.45, 7) is 3.07. The number of amides is 1. The number of carbonyl (C=O) groups excluding carboxylic acids is 1. The molecule has 2 aromatic rings. The highest BCUT2D eigenvalue weighted by Crippen LogP contribution is 2.34. The molecular weight excluding hydrogens is 439 g/mol. The van der Waals surface area contributed by atoms with Gasteiger partial charge in [-0.3, -0.25) is 9.51 Å². The molecule has 1 aromatic carbocycles. The summed E-state index contributed by atoms with van der Waals surface area (Å²) in [6.07, 6.45) is 1.00. The lowest BCUT2D eigenvalue weighted by Gasteiger charge is -2.18. The second kappa shape index (κ2) is 11.4. The third-order valence-electron chi connectivity index (χ3n) is 4.20. The standard InChI is InChI=1S/C20H25N4O7P/c1-12-18(30-20(27)24(3)4)15(9-21)14(10-22-12)11-29-16-7-5-6-8-17(16)31-32(28)23-13(2)19(25)26/h5-8,10,13H,9,11,21H2,1-4H3,(H,25,26). The van der Waals surface area contributed by atoms with Crippen molar-refractivity contribution in [2.24, 2.45) is 10.5 Å². The number of aryl methyl sites for hydroxylation is 1. The Labute approximate surface area is 186 Å². The first-order valence-corrected chi connectivity index (χ1v) is 10.6. The van der Waals surface area contributed by atoms with Crippen LogP contribution in [0.2, 0.25) is 0 Å². The molecule has 32 heavy (non-hydrogen) atoms. The number of para-hydroxylation sites is 2. The molecule has 3 N–H and O–H groups in total. The van der Waals surface area contributed by atoms with Crippen molar-refractivity contribution in [3.63, 3.8) is 0 Å². The van der Waals surface area contributed by atoms with Crippen LogP contribution in [0.15, 0.2) is 35.2 Å². The molecule has 0 saturated heterocycles. The molecule has 12 heteroatoms. The van der Waals surface area contributed by atoms with Crippen molar-refractivity contribution in [2.75, 3.05) is 14.1 Å². The Kier molecular flexibility index (Phi) is 8.89. The predicted octanol–water partition coefficient (Wildman–Crippen LogP) is 2.20. The van der Waals surface area contributed by atoms with Gasteiger partial charge in [-0.15, -0.1) is 0 Å². The molecule has 0 bridgehead atoms. The van der Waals surface area contributed by atoms with Gasteiger partial charge < -0.3 is 30.1 Å². The van der Waals surface area contributed by atoms with Crippen molar-refractivity contribution in [1.82, 2.24) is 9.88 Å². The van der Waals surface area contributed by atoms with Gasteiger partial charge in [0.1, 0.15) is 6.61 Å². The maximum absolute atomic E-state index is 12.1. The molecule has 0 saturated carbocycles. The van der Waals surface area contributed by atoms with E-state index in [1.165, 1.54) is 17.9 Å². The quantitative estimate of drug-likeness (QED) is 0.530. The lowest BCUT2D eigenvalue weighted by molar-refractivity contribution is -0.169. The second-order valence-electron chi connectivity index (χ2n) is 6.84. The Balaban J connectivity index is 2.24. The molecule has 2 unspecified atom stereocenters. The number of rotatable bonds is 9. The molecule has 0 spiro atoms. The highest BCUT2D eigenvalue weighted by atomic mass is 31.1. The number of aromatic nitrogens is 1. The van der Waals surface area contributed by atoms with Crippen LogP contribution in [0.4, 0.5) is 4.79 Å². The molecule has 0 radical (unpaired) electrons. The topological polar surface area (TPSA) is 160 Å². The number of carbonyl (C=O) groups is 2. The molecule has 1 aromatic heterocycles. The molecule has 1 amide bonds. The molecular formula is C20H25N4O7P. The van der Waals surface area contributed by atoms with Gasteiger partial charge in [0.15, 0.2) is 17.5 Å². The second-order valence-corrected chi connectivity index (χ2v) is 7.73. The fourth-order valence-electron chi connectivity index (χ4n) is 2.44. The number of carboxylic acid groups (broad SMARTS) is 1. The zero-order valence-electron chi connectivity index (χ0n) is 18.1. The Hall–Kier alpha value is -3.27. The molecule has 0 aliphatic rings. The number of hydrogen-bond acceptors (Lipinski definition) is 9. The maximum Gasteiger partial charge on any atom is 0.414 e. The van der Waals surface area contributed by atoms with Gasteiger partial charge in [-0.05, 0) is 26.0 Å². The number of ether oxygens (including phenoxy) is 2. The fraction of sp³-hybridized carbons (Fsp3) is 0.350. The summed E-state index contributed by atoms with van der Waals surface area (Å²) in [6, 6.07) is 5.26. The summed E-state index contributed by atoms with van der Waals surface area (Å²) < 4.78 is 20.1. The smallest absolute Gasteiger partial charge is 0.414 e. The molecule has 2 atom stereocenters. The zero-order chi connectivity index (χ0) is 23.8. The van der Waals surface area contributed by atoms with Gasteiger partial charge in [0, 0.05) is 38.0 Å². The Morgan fingerprint density at radius 1 is 1.31 bits per heavy atom. The number of hydrogen-bond donors (Lipinski definition) is 2. The van der Waals surface area contributed by atoms with Crippen LogP contribution in [0.25, 0.3) is 0 Å². The number of benzene rings is 1. The van der Waals surface area contributed by atoms with E-state index >= 15 is 0 Å². The first-order valence-electron chi connectivity index (χ1n) is 9.51. The zero-order valence-corrected chi connectivity index (χ0v) is 19.0. The average Bonchev–Trinajstić information content (AvgIpc) is 2.74. The van der Waals surface area contributed by atoms with Gasteiger partial charge in [0.05, 0.1) is 5.69 Å². The van der Waals surface area contributed by atoms with Crippen LogP contribution in [0.1, 0.15) is 23.7 Å². The molecule has 0 fully saturated rings. The van der Waals surface area contributed by atoms with Gasteiger partial charge in [-0.2, -0.15) is 0 Å². The third-order valence-corrected chi connectivity index (χ3v) is 5.08. The number of aliphatic carboxylic acids is 1. The van der Waals surface area contributed by atoms with Crippen molar-refractivity contribution < 1.29 is 33.6 Å². The van der Waals surface area contributed by atoms with Crippen molar-refractivity contribution in [3.05, 3.63) is 47.3 Å². The van der Waals surface area contributed by atoms with E-state index in [2.05, 4.69) is 9.73 Å². The fourth-order valence-corrected chi connectivity index (χ4v) is 3.18. The molecule has 0 aliphatic heterocycles. The lowest BCUT2D eigenvalue weighted by atomic mass is 10.1. The average molecular weight is 464 g/mol. The summed E-state index contributed by atoms with van der Waals surface area (Å²) in [5.74, 6) is -0.567. The van der Waals surface area contributed by atoms with E-state index in [-0.39, 0.29) is 30.4 Å². The summed E-state index contributed by atoms with van der Waals surface area (Å²) in [4.78, 5) is 40.5. The van der Waals surface area contributed by atoms with E-state index in [1.54, 1.807) is 45.4 Å². The Morgan fingerprint density at radius 3 is 2.56 bits per heavy atom. The van der Waals surface area contributed by atoms with Gasteiger partial charge in [0.2, 0.25) is 5.75 Å². The van der Waals surface area contributed by atoms with Crippen LogP contribution in [-0.2, 0) is 17.9 Å². The van der Waals surface area contributed by atoms with Gasteiger partial charge in [0.25, 0.3) is 0 Å². The van der Waals surface area contributed by atoms with E-state index < -0.39 is 26.3 Å². The summed E-state index contributed by atoms with van der Waals surface area (Å²) in [5, 5.41) is 8.89. The number of nitrogens with two attached hydrogens (primary N) is 1. The van der Waals surface area contributed by atoms with Crippen LogP contribution in [0, 0.1) is 6.92 Å². The Morgan fingerprint density at radius 2 is 1.97 bits per heavy atom. The van der Waals surface area contributed by atoms with E-state index in [9.17, 15) is 14.5 Å². The third kappa shape index (κ3) is 6.61.